The molecule has 1 atom stereocenters. The lowest BCUT2D eigenvalue weighted by Gasteiger charge is -1.94. The van der Waals surface area contributed by atoms with E-state index in [2.05, 4.69) is 22.0 Å². The highest BCUT2D eigenvalue weighted by atomic mass is 16.3. The smallest absolute Gasteiger partial charge is 0.136 e. The van der Waals surface area contributed by atoms with Crippen molar-refractivity contribution in [1.29, 1.82) is 0 Å². The van der Waals surface area contributed by atoms with Crippen molar-refractivity contribution in [2.24, 2.45) is 0 Å². The summed E-state index contributed by atoms with van der Waals surface area (Å²) >= 11 is 0. The molecule has 0 spiro atoms. The van der Waals surface area contributed by atoms with Crippen LogP contribution in [0.1, 0.15) is 37.1 Å². The van der Waals surface area contributed by atoms with Gasteiger partial charge in [0.15, 0.2) is 0 Å². The topological polar surface area (TPSA) is 46.0 Å². The van der Waals surface area contributed by atoms with Crippen LogP contribution < -0.4 is 0 Å². The standard InChI is InChI=1S/C11H12N2O/c1-8(14)2-5-10-6-7-11(13-12-10)9-3-4-9/h6-9,14H,3-4H2,1H3/t8-/m0/s1. The molecule has 3 nitrogen and oxygen atoms in total. The zero-order chi connectivity index (χ0) is 9.97. The maximum atomic E-state index is 8.94. The third-order valence-corrected chi connectivity index (χ3v) is 2.09. The maximum absolute atomic E-state index is 8.94. The van der Waals surface area contributed by atoms with E-state index in [0.717, 1.165) is 5.69 Å². The molecular formula is C11H12N2O. The summed E-state index contributed by atoms with van der Waals surface area (Å²) in [6, 6.07) is 3.83. The number of aromatic nitrogens is 2. The summed E-state index contributed by atoms with van der Waals surface area (Å²) in [5.74, 6) is 6.01. The summed E-state index contributed by atoms with van der Waals surface area (Å²) in [7, 11) is 0. The molecule has 0 bridgehead atoms. The Morgan fingerprint density at radius 2 is 2.21 bits per heavy atom. The lowest BCUT2D eigenvalue weighted by atomic mass is 10.2. The van der Waals surface area contributed by atoms with Crippen molar-refractivity contribution >= 4 is 0 Å². The third-order valence-electron chi connectivity index (χ3n) is 2.09. The molecule has 1 heterocycles. The fourth-order valence-electron chi connectivity index (χ4n) is 1.18. The molecule has 14 heavy (non-hydrogen) atoms. The van der Waals surface area contributed by atoms with Gasteiger partial charge in [-0.25, -0.2) is 0 Å². The molecule has 1 N–H and O–H groups in total. The molecular weight excluding hydrogens is 176 g/mol. The summed E-state index contributed by atoms with van der Waals surface area (Å²) in [4.78, 5) is 0. The molecule has 1 fully saturated rings. The van der Waals surface area contributed by atoms with Crippen LogP contribution in [0.4, 0.5) is 0 Å². The van der Waals surface area contributed by atoms with Gasteiger partial charge in [0.05, 0.1) is 5.69 Å². The van der Waals surface area contributed by atoms with Gasteiger partial charge in [-0.05, 0) is 37.8 Å². The second kappa shape index (κ2) is 3.77. The van der Waals surface area contributed by atoms with Crippen LogP contribution >= 0.6 is 0 Å². The maximum Gasteiger partial charge on any atom is 0.136 e. The number of hydrogen-bond donors (Lipinski definition) is 1. The highest BCUT2D eigenvalue weighted by Gasteiger charge is 2.24. The van der Waals surface area contributed by atoms with E-state index in [9.17, 15) is 0 Å². The van der Waals surface area contributed by atoms with Crippen molar-refractivity contribution in [2.75, 3.05) is 0 Å². The molecule has 0 radical (unpaired) electrons. The van der Waals surface area contributed by atoms with Crippen LogP contribution in [-0.4, -0.2) is 21.4 Å². The molecule has 0 amide bonds. The Kier molecular flexibility index (Phi) is 2.47. The predicted octanol–water partition coefficient (Wildman–Crippen LogP) is 1.09. The van der Waals surface area contributed by atoms with Crippen molar-refractivity contribution in [2.45, 2.75) is 31.8 Å². The quantitative estimate of drug-likeness (QED) is 0.671. The zero-order valence-electron chi connectivity index (χ0n) is 8.07. The molecule has 1 aliphatic rings. The van der Waals surface area contributed by atoms with Crippen molar-refractivity contribution in [3.05, 3.63) is 23.5 Å². The Hall–Kier alpha value is -1.40. The first kappa shape index (κ1) is 9.17. The van der Waals surface area contributed by atoms with Crippen molar-refractivity contribution in [1.82, 2.24) is 10.2 Å². The van der Waals surface area contributed by atoms with Gasteiger partial charge in [0.25, 0.3) is 0 Å². The van der Waals surface area contributed by atoms with Gasteiger partial charge in [0.1, 0.15) is 11.8 Å². The fourth-order valence-corrected chi connectivity index (χ4v) is 1.18. The van der Waals surface area contributed by atoms with E-state index in [1.54, 1.807) is 6.92 Å². The molecule has 1 aromatic rings. The van der Waals surface area contributed by atoms with Crippen LogP contribution in [0.3, 0.4) is 0 Å². The van der Waals surface area contributed by atoms with E-state index in [1.807, 2.05) is 12.1 Å². The number of aliphatic hydroxyl groups excluding tert-OH is 1. The minimum Gasteiger partial charge on any atom is -0.381 e. The third kappa shape index (κ3) is 2.30. The van der Waals surface area contributed by atoms with E-state index in [1.165, 1.54) is 12.8 Å². The van der Waals surface area contributed by atoms with Crippen molar-refractivity contribution < 1.29 is 5.11 Å². The Bertz CT molecular complexity index is 369. The van der Waals surface area contributed by atoms with E-state index < -0.39 is 6.10 Å². The van der Waals surface area contributed by atoms with Gasteiger partial charge in [-0.1, -0.05) is 5.92 Å². The first-order valence-corrected chi connectivity index (χ1v) is 4.79. The first-order valence-electron chi connectivity index (χ1n) is 4.79. The van der Waals surface area contributed by atoms with Gasteiger partial charge < -0.3 is 5.11 Å². The average molecular weight is 188 g/mol. The Morgan fingerprint density at radius 1 is 1.43 bits per heavy atom. The average Bonchev–Trinajstić information content (AvgIpc) is 2.99. The summed E-state index contributed by atoms with van der Waals surface area (Å²) in [6.07, 6.45) is 1.85. The van der Waals surface area contributed by atoms with Crippen LogP contribution in [0.5, 0.6) is 0 Å². The number of nitrogens with zero attached hydrogens (tertiary/aromatic N) is 2. The zero-order valence-corrected chi connectivity index (χ0v) is 8.07. The van der Waals surface area contributed by atoms with E-state index in [4.69, 9.17) is 5.11 Å². The molecule has 1 aromatic heterocycles. The van der Waals surface area contributed by atoms with Gasteiger partial charge in [-0.3, -0.25) is 0 Å². The number of hydrogen-bond acceptors (Lipinski definition) is 3. The Morgan fingerprint density at radius 3 is 2.71 bits per heavy atom. The highest BCUT2D eigenvalue weighted by Crippen LogP contribution is 2.38. The largest absolute Gasteiger partial charge is 0.381 e. The second-order valence-corrected chi connectivity index (χ2v) is 3.56. The molecule has 0 unspecified atom stereocenters. The van der Waals surface area contributed by atoms with Crippen LogP contribution in [0.25, 0.3) is 0 Å². The van der Waals surface area contributed by atoms with Gasteiger partial charge in [-0.15, -0.1) is 5.10 Å². The fraction of sp³-hybridized carbons (Fsp3) is 0.455. The van der Waals surface area contributed by atoms with Gasteiger partial charge in [0.2, 0.25) is 0 Å². The lowest BCUT2D eigenvalue weighted by molar-refractivity contribution is 0.253. The number of aliphatic hydroxyl groups is 1. The highest BCUT2D eigenvalue weighted by molar-refractivity contribution is 5.28. The SMILES string of the molecule is C[C@H](O)C#Cc1ccc(C2CC2)nn1. The second-order valence-electron chi connectivity index (χ2n) is 3.56. The molecule has 72 valence electrons. The lowest BCUT2D eigenvalue weighted by Crippen LogP contribution is -1.95. The normalized spacial score (nSPS) is 17.0. The molecule has 0 aromatic carbocycles. The van der Waals surface area contributed by atoms with Gasteiger partial charge in [-0.2, -0.15) is 5.10 Å². The minimum atomic E-state index is -0.611. The van der Waals surface area contributed by atoms with Crippen molar-refractivity contribution in [3.8, 4) is 11.8 Å². The van der Waals surface area contributed by atoms with Gasteiger partial charge in [0, 0.05) is 5.92 Å². The molecule has 1 saturated carbocycles. The van der Waals surface area contributed by atoms with E-state index in [-0.39, 0.29) is 0 Å². The molecule has 3 heteroatoms. The van der Waals surface area contributed by atoms with E-state index >= 15 is 0 Å². The molecule has 0 saturated heterocycles. The summed E-state index contributed by atoms with van der Waals surface area (Å²) < 4.78 is 0. The van der Waals surface area contributed by atoms with Crippen LogP contribution in [-0.2, 0) is 0 Å². The number of rotatable bonds is 1. The Balaban J connectivity index is 2.10. The first-order chi connectivity index (χ1) is 6.75. The Labute approximate surface area is 83.2 Å². The summed E-state index contributed by atoms with van der Waals surface area (Å²) in [6.45, 7) is 1.62. The van der Waals surface area contributed by atoms with Crippen LogP contribution in [0.15, 0.2) is 12.1 Å². The molecule has 2 rings (SSSR count). The van der Waals surface area contributed by atoms with Crippen LogP contribution in [0.2, 0.25) is 0 Å². The molecule has 0 aliphatic heterocycles. The van der Waals surface area contributed by atoms with Crippen molar-refractivity contribution in [3.63, 3.8) is 0 Å². The molecule has 1 aliphatic carbocycles. The van der Waals surface area contributed by atoms with Gasteiger partial charge >= 0.3 is 0 Å². The summed E-state index contributed by atoms with van der Waals surface area (Å²) in [5, 5.41) is 17.0. The minimum absolute atomic E-state index is 0.611. The monoisotopic (exact) mass is 188 g/mol. The summed E-state index contributed by atoms with van der Waals surface area (Å²) in [5.41, 5.74) is 1.68. The predicted molar refractivity (Wildman–Crippen MR) is 52.6 cm³/mol. The van der Waals surface area contributed by atoms with E-state index in [0.29, 0.717) is 11.6 Å². The van der Waals surface area contributed by atoms with Crippen LogP contribution in [0, 0.1) is 11.8 Å².